The SMILES string of the molecule is CCCN(CC)CCNc1ncnc2nc[nH]c12. The summed E-state index contributed by atoms with van der Waals surface area (Å²) in [6.45, 7) is 8.51. The highest BCUT2D eigenvalue weighted by molar-refractivity contribution is 5.81. The van der Waals surface area contributed by atoms with Crippen LogP contribution in [0.5, 0.6) is 0 Å². The molecule has 6 nitrogen and oxygen atoms in total. The second-order valence-electron chi connectivity index (χ2n) is 4.18. The first-order valence-electron chi connectivity index (χ1n) is 6.45. The predicted octanol–water partition coefficient (Wildman–Crippen LogP) is 1.50. The van der Waals surface area contributed by atoms with E-state index < -0.39 is 0 Å². The maximum absolute atomic E-state index is 4.24. The van der Waals surface area contributed by atoms with Gasteiger partial charge >= 0.3 is 0 Å². The van der Waals surface area contributed by atoms with Crippen LogP contribution in [0.25, 0.3) is 11.2 Å². The van der Waals surface area contributed by atoms with E-state index in [1.54, 1.807) is 6.33 Å². The van der Waals surface area contributed by atoms with Crippen molar-refractivity contribution in [3.05, 3.63) is 12.7 Å². The molecule has 0 aliphatic heterocycles. The summed E-state index contributed by atoms with van der Waals surface area (Å²) in [5, 5.41) is 3.33. The van der Waals surface area contributed by atoms with Crippen molar-refractivity contribution in [3.63, 3.8) is 0 Å². The number of hydrogen-bond acceptors (Lipinski definition) is 5. The second kappa shape index (κ2) is 6.30. The van der Waals surface area contributed by atoms with Gasteiger partial charge in [-0.05, 0) is 19.5 Å². The Balaban J connectivity index is 1.92. The third-order valence-corrected chi connectivity index (χ3v) is 2.93. The van der Waals surface area contributed by atoms with E-state index in [4.69, 9.17) is 0 Å². The van der Waals surface area contributed by atoms with Gasteiger partial charge < -0.3 is 15.2 Å². The van der Waals surface area contributed by atoms with Gasteiger partial charge in [0.15, 0.2) is 11.5 Å². The van der Waals surface area contributed by atoms with Gasteiger partial charge in [0.2, 0.25) is 0 Å². The zero-order chi connectivity index (χ0) is 12.8. The fourth-order valence-corrected chi connectivity index (χ4v) is 1.98. The average molecular weight is 248 g/mol. The van der Waals surface area contributed by atoms with Crippen LogP contribution in [0.2, 0.25) is 0 Å². The maximum atomic E-state index is 4.24. The van der Waals surface area contributed by atoms with E-state index in [0.717, 1.165) is 37.5 Å². The number of hydrogen-bond donors (Lipinski definition) is 2. The molecule has 98 valence electrons. The van der Waals surface area contributed by atoms with Crippen LogP contribution in [-0.4, -0.2) is 51.0 Å². The van der Waals surface area contributed by atoms with E-state index in [-0.39, 0.29) is 0 Å². The van der Waals surface area contributed by atoms with E-state index in [2.05, 4.69) is 44.0 Å². The van der Waals surface area contributed by atoms with Crippen molar-refractivity contribution in [3.8, 4) is 0 Å². The molecule has 0 spiro atoms. The predicted molar refractivity (Wildman–Crippen MR) is 72.6 cm³/mol. The molecule has 2 rings (SSSR count). The van der Waals surface area contributed by atoms with Crippen molar-refractivity contribution in [1.82, 2.24) is 24.8 Å². The third kappa shape index (κ3) is 2.95. The summed E-state index contributed by atoms with van der Waals surface area (Å²) in [7, 11) is 0. The summed E-state index contributed by atoms with van der Waals surface area (Å²) in [6, 6.07) is 0. The van der Waals surface area contributed by atoms with Crippen LogP contribution in [-0.2, 0) is 0 Å². The van der Waals surface area contributed by atoms with E-state index >= 15 is 0 Å². The van der Waals surface area contributed by atoms with Crippen LogP contribution in [0.15, 0.2) is 12.7 Å². The van der Waals surface area contributed by atoms with Crippen molar-refractivity contribution in [2.75, 3.05) is 31.5 Å². The van der Waals surface area contributed by atoms with E-state index in [0.29, 0.717) is 5.65 Å². The van der Waals surface area contributed by atoms with Crippen LogP contribution in [0.4, 0.5) is 5.82 Å². The maximum Gasteiger partial charge on any atom is 0.182 e. The summed E-state index contributed by atoms with van der Waals surface area (Å²) in [4.78, 5) is 17.9. The third-order valence-electron chi connectivity index (χ3n) is 2.93. The van der Waals surface area contributed by atoms with Crippen LogP contribution in [0.3, 0.4) is 0 Å². The number of nitrogens with zero attached hydrogens (tertiary/aromatic N) is 4. The number of imidazole rings is 1. The highest BCUT2D eigenvalue weighted by Crippen LogP contribution is 2.13. The normalized spacial score (nSPS) is 11.3. The van der Waals surface area contributed by atoms with Crippen LogP contribution < -0.4 is 5.32 Å². The Bertz CT molecular complexity index is 480. The molecular formula is C12H20N6. The summed E-state index contributed by atoms with van der Waals surface area (Å²) >= 11 is 0. The number of fused-ring (bicyclic) bond motifs is 1. The molecule has 2 N–H and O–H groups in total. The summed E-state index contributed by atoms with van der Waals surface area (Å²) in [5.74, 6) is 0.824. The molecule has 2 heterocycles. The van der Waals surface area contributed by atoms with Crippen molar-refractivity contribution in [1.29, 1.82) is 0 Å². The molecule has 0 aliphatic carbocycles. The molecule has 0 saturated heterocycles. The van der Waals surface area contributed by atoms with Gasteiger partial charge in [0, 0.05) is 13.1 Å². The lowest BCUT2D eigenvalue weighted by molar-refractivity contribution is 0.300. The van der Waals surface area contributed by atoms with Crippen molar-refractivity contribution in [2.45, 2.75) is 20.3 Å². The molecule has 0 aromatic carbocycles. The second-order valence-corrected chi connectivity index (χ2v) is 4.18. The van der Waals surface area contributed by atoms with Gasteiger partial charge in [-0.1, -0.05) is 13.8 Å². The first-order valence-corrected chi connectivity index (χ1v) is 6.45. The van der Waals surface area contributed by atoms with Gasteiger partial charge in [-0.15, -0.1) is 0 Å². The monoisotopic (exact) mass is 248 g/mol. The van der Waals surface area contributed by atoms with E-state index in [1.807, 2.05) is 0 Å². The minimum atomic E-state index is 0.702. The molecule has 0 fully saturated rings. The number of likely N-dealkylation sites (N-methyl/N-ethyl adjacent to an activating group) is 1. The number of H-pyrrole nitrogens is 1. The van der Waals surface area contributed by atoms with E-state index in [9.17, 15) is 0 Å². The molecule has 0 atom stereocenters. The molecule has 6 heteroatoms. The molecule has 0 saturated carbocycles. The number of rotatable bonds is 7. The lowest BCUT2D eigenvalue weighted by atomic mass is 10.4. The van der Waals surface area contributed by atoms with Crippen LogP contribution in [0.1, 0.15) is 20.3 Å². The minimum Gasteiger partial charge on any atom is -0.367 e. The van der Waals surface area contributed by atoms with Crippen LogP contribution >= 0.6 is 0 Å². The van der Waals surface area contributed by atoms with Gasteiger partial charge in [0.05, 0.1) is 6.33 Å². The van der Waals surface area contributed by atoms with Crippen molar-refractivity contribution < 1.29 is 0 Å². The summed E-state index contributed by atoms with van der Waals surface area (Å²) in [5.41, 5.74) is 1.57. The lowest BCUT2D eigenvalue weighted by Crippen LogP contribution is -2.29. The largest absolute Gasteiger partial charge is 0.367 e. The Labute approximate surface area is 107 Å². The Kier molecular flexibility index (Phi) is 4.46. The zero-order valence-corrected chi connectivity index (χ0v) is 11.0. The fourth-order valence-electron chi connectivity index (χ4n) is 1.98. The molecule has 0 amide bonds. The zero-order valence-electron chi connectivity index (χ0n) is 11.0. The number of aromatic nitrogens is 4. The lowest BCUT2D eigenvalue weighted by Gasteiger charge is -2.19. The van der Waals surface area contributed by atoms with Crippen molar-refractivity contribution >= 4 is 17.0 Å². The number of nitrogens with one attached hydrogen (secondary N) is 2. The average Bonchev–Trinajstić information content (AvgIpc) is 2.86. The van der Waals surface area contributed by atoms with Gasteiger partial charge in [-0.3, -0.25) is 0 Å². The first-order chi connectivity index (χ1) is 8.85. The Morgan fingerprint density at radius 1 is 1.22 bits per heavy atom. The molecule has 0 bridgehead atoms. The highest BCUT2D eigenvalue weighted by atomic mass is 15.1. The first kappa shape index (κ1) is 12.8. The van der Waals surface area contributed by atoms with E-state index in [1.165, 1.54) is 12.7 Å². The molecule has 0 aliphatic rings. The van der Waals surface area contributed by atoms with Crippen LogP contribution in [0, 0.1) is 0 Å². The summed E-state index contributed by atoms with van der Waals surface area (Å²) < 4.78 is 0. The van der Waals surface area contributed by atoms with Gasteiger partial charge in [-0.25, -0.2) is 15.0 Å². The topological polar surface area (TPSA) is 69.7 Å². The van der Waals surface area contributed by atoms with Crippen molar-refractivity contribution in [2.24, 2.45) is 0 Å². The van der Waals surface area contributed by atoms with Gasteiger partial charge in [-0.2, -0.15) is 0 Å². The van der Waals surface area contributed by atoms with Gasteiger partial charge in [0.1, 0.15) is 11.8 Å². The molecule has 0 unspecified atom stereocenters. The fraction of sp³-hybridized carbons (Fsp3) is 0.583. The Morgan fingerprint density at radius 2 is 2.11 bits per heavy atom. The minimum absolute atomic E-state index is 0.702. The number of anilines is 1. The standard InChI is InChI=1S/C12H20N6/c1-3-6-18(4-2)7-5-13-11-10-12(15-8-14-10)17-9-16-11/h8-9H,3-7H2,1-2H3,(H2,13,14,15,16,17). The molecular weight excluding hydrogens is 228 g/mol. The molecule has 2 aromatic heterocycles. The van der Waals surface area contributed by atoms with Gasteiger partial charge in [0.25, 0.3) is 0 Å². The molecule has 0 radical (unpaired) electrons. The molecule has 18 heavy (non-hydrogen) atoms. The Morgan fingerprint density at radius 3 is 2.89 bits per heavy atom. The highest BCUT2D eigenvalue weighted by Gasteiger charge is 2.05. The smallest absolute Gasteiger partial charge is 0.182 e. The molecule has 2 aromatic rings. The Hall–Kier alpha value is -1.69. The summed E-state index contributed by atoms with van der Waals surface area (Å²) in [6.07, 6.45) is 4.36. The number of aromatic amines is 1. The quantitative estimate of drug-likeness (QED) is 0.777.